The molecule has 4 rings (SSSR count). The van der Waals surface area contributed by atoms with Crippen LogP contribution in [0, 0.1) is 6.92 Å². The zero-order valence-electron chi connectivity index (χ0n) is 13.9. The lowest BCUT2D eigenvalue weighted by Crippen LogP contribution is -2.23. The van der Waals surface area contributed by atoms with E-state index in [4.69, 9.17) is 14.2 Å². The topological polar surface area (TPSA) is 95.0 Å². The molecule has 1 aromatic heterocycles. The maximum absolute atomic E-state index is 11.8. The van der Waals surface area contributed by atoms with Crippen molar-refractivity contribution < 1.29 is 28.9 Å². The van der Waals surface area contributed by atoms with E-state index in [9.17, 15) is 14.7 Å². The summed E-state index contributed by atoms with van der Waals surface area (Å²) in [7, 11) is 1.56. The summed E-state index contributed by atoms with van der Waals surface area (Å²) in [4.78, 5) is 28.0. The Morgan fingerprint density at radius 2 is 1.85 bits per heavy atom. The molecule has 2 aromatic carbocycles. The third-order valence-electron chi connectivity index (χ3n) is 4.25. The molecule has 0 fully saturated rings. The molecule has 0 amide bonds. The fraction of sp³-hybridized carbons (Fsp3) is 0.105. The van der Waals surface area contributed by atoms with E-state index in [2.05, 4.69) is 4.98 Å². The smallest absolute Gasteiger partial charge is 0.423 e. The standard InChI is InChI=1S/C19H13NO6/c1-9-14(21)8-15-16(17(9)26-19(23)18(22)25-15)12-5-6-20-13-7-10(24-2)3-4-11(12)13/h3-8,21H,1-2H3. The van der Waals surface area contributed by atoms with Crippen LogP contribution in [0.1, 0.15) is 5.56 Å². The van der Waals surface area contributed by atoms with Gasteiger partial charge in [0.05, 0.1) is 18.2 Å². The Morgan fingerprint density at radius 1 is 1.08 bits per heavy atom. The molecular weight excluding hydrogens is 338 g/mol. The number of esters is 2. The van der Waals surface area contributed by atoms with E-state index in [1.54, 1.807) is 38.4 Å². The van der Waals surface area contributed by atoms with E-state index < -0.39 is 11.9 Å². The molecule has 7 nitrogen and oxygen atoms in total. The van der Waals surface area contributed by atoms with Gasteiger partial charge >= 0.3 is 11.9 Å². The molecule has 7 heteroatoms. The van der Waals surface area contributed by atoms with Crippen LogP contribution < -0.4 is 14.2 Å². The molecule has 26 heavy (non-hydrogen) atoms. The lowest BCUT2D eigenvalue weighted by molar-refractivity contribution is -0.155. The first-order chi connectivity index (χ1) is 12.5. The zero-order chi connectivity index (χ0) is 18.4. The molecule has 1 N–H and O–H groups in total. The highest BCUT2D eigenvalue weighted by Gasteiger charge is 2.32. The second kappa shape index (κ2) is 5.73. The highest BCUT2D eigenvalue weighted by atomic mass is 16.6. The summed E-state index contributed by atoms with van der Waals surface area (Å²) in [5.74, 6) is -1.66. The van der Waals surface area contributed by atoms with E-state index in [0.717, 1.165) is 5.39 Å². The molecule has 3 aromatic rings. The predicted octanol–water partition coefficient (Wildman–Crippen LogP) is 2.75. The number of rotatable bonds is 2. The number of phenolic OH excluding ortho intramolecular Hbond substituents is 1. The monoisotopic (exact) mass is 351 g/mol. The van der Waals surface area contributed by atoms with E-state index in [0.29, 0.717) is 28.0 Å². The number of hydrogen-bond acceptors (Lipinski definition) is 7. The van der Waals surface area contributed by atoms with Crippen LogP contribution in [-0.4, -0.2) is 29.1 Å². The van der Waals surface area contributed by atoms with Gasteiger partial charge in [0, 0.05) is 34.8 Å². The van der Waals surface area contributed by atoms with Gasteiger partial charge in [0.1, 0.15) is 23.0 Å². The number of nitrogens with zero attached hydrogens (tertiary/aromatic N) is 1. The van der Waals surface area contributed by atoms with Crippen molar-refractivity contribution in [2.45, 2.75) is 6.92 Å². The van der Waals surface area contributed by atoms with Gasteiger partial charge in [-0.2, -0.15) is 0 Å². The first kappa shape index (κ1) is 15.9. The minimum atomic E-state index is -1.15. The summed E-state index contributed by atoms with van der Waals surface area (Å²) in [6, 6.07) is 8.37. The molecule has 2 bridgehead atoms. The van der Waals surface area contributed by atoms with Crippen LogP contribution >= 0.6 is 0 Å². The maximum atomic E-state index is 11.8. The maximum Gasteiger partial charge on any atom is 0.423 e. The van der Waals surface area contributed by atoms with Gasteiger partial charge in [-0.1, -0.05) is 0 Å². The Balaban J connectivity index is 2.06. The average molecular weight is 351 g/mol. The predicted molar refractivity (Wildman–Crippen MR) is 91.4 cm³/mol. The molecule has 0 saturated carbocycles. The fourth-order valence-electron chi connectivity index (χ4n) is 2.93. The third kappa shape index (κ3) is 2.33. The van der Waals surface area contributed by atoms with Crippen molar-refractivity contribution in [1.29, 1.82) is 0 Å². The first-order valence-electron chi connectivity index (χ1n) is 7.73. The lowest BCUT2D eigenvalue weighted by atomic mass is 9.97. The van der Waals surface area contributed by atoms with E-state index in [1.807, 2.05) is 6.07 Å². The Labute approximate surface area is 147 Å². The van der Waals surface area contributed by atoms with E-state index in [1.165, 1.54) is 6.07 Å². The van der Waals surface area contributed by atoms with Crippen molar-refractivity contribution in [3.63, 3.8) is 0 Å². The molecule has 1 aliphatic rings. The van der Waals surface area contributed by atoms with Crippen molar-refractivity contribution in [3.8, 4) is 34.1 Å². The van der Waals surface area contributed by atoms with E-state index in [-0.39, 0.29) is 17.2 Å². The van der Waals surface area contributed by atoms with Gasteiger partial charge in [0.25, 0.3) is 0 Å². The quantitative estimate of drug-likeness (QED) is 0.431. The average Bonchev–Trinajstić information content (AvgIpc) is 2.74. The normalized spacial score (nSPS) is 13.2. The third-order valence-corrected chi connectivity index (χ3v) is 4.25. The largest absolute Gasteiger partial charge is 0.507 e. The number of ether oxygens (including phenoxy) is 3. The number of pyridine rings is 1. The molecule has 0 spiro atoms. The molecule has 0 atom stereocenters. The van der Waals surface area contributed by atoms with E-state index >= 15 is 0 Å². The number of carbonyl (C=O) groups is 2. The highest BCUT2D eigenvalue weighted by molar-refractivity contribution is 6.32. The van der Waals surface area contributed by atoms with Crippen LogP contribution in [0.4, 0.5) is 0 Å². The van der Waals surface area contributed by atoms with Crippen LogP contribution in [0.3, 0.4) is 0 Å². The Bertz CT molecular complexity index is 1090. The number of carbonyl (C=O) groups excluding carboxylic acids is 2. The molecular formula is C19H13NO6. The van der Waals surface area contributed by atoms with Crippen LogP contribution in [-0.2, 0) is 9.59 Å². The van der Waals surface area contributed by atoms with Gasteiger partial charge in [-0.3, -0.25) is 4.98 Å². The SMILES string of the molecule is COc1ccc2c(-c3c4cc(O)c(C)c3OC(=O)C(=O)O4)ccnc2c1. The van der Waals surface area contributed by atoms with Crippen LogP contribution in [0.5, 0.6) is 23.0 Å². The summed E-state index contributed by atoms with van der Waals surface area (Å²) in [6.45, 7) is 1.59. The summed E-state index contributed by atoms with van der Waals surface area (Å²) in [5.41, 5.74) is 2.03. The number of phenols is 1. The van der Waals surface area contributed by atoms with Crippen molar-refractivity contribution in [2.75, 3.05) is 7.11 Å². The van der Waals surface area contributed by atoms with Gasteiger partial charge in [0.15, 0.2) is 0 Å². The van der Waals surface area contributed by atoms with Crippen LogP contribution in [0.15, 0.2) is 36.5 Å². The summed E-state index contributed by atoms with van der Waals surface area (Å²) in [6.07, 6.45) is 1.59. The zero-order valence-corrected chi connectivity index (χ0v) is 13.9. The number of hydrogen-bond donors (Lipinski definition) is 1. The lowest BCUT2D eigenvalue weighted by Gasteiger charge is -2.15. The minimum absolute atomic E-state index is 0.0438. The van der Waals surface area contributed by atoms with Crippen LogP contribution in [0.2, 0.25) is 0 Å². The fourth-order valence-corrected chi connectivity index (χ4v) is 2.93. The minimum Gasteiger partial charge on any atom is -0.507 e. The molecule has 0 unspecified atom stereocenters. The summed E-state index contributed by atoms with van der Waals surface area (Å²) < 4.78 is 15.5. The molecule has 0 aliphatic carbocycles. The second-order valence-electron chi connectivity index (χ2n) is 5.74. The number of fused-ring (bicyclic) bond motifs is 3. The first-order valence-corrected chi connectivity index (χ1v) is 7.73. The van der Waals surface area contributed by atoms with Crippen molar-refractivity contribution in [3.05, 3.63) is 42.1 Å². The summed E-state index contributed by atoms with van der Waals surface area (Å²) >= 11 is 0. The summed E-state index contributed by atoms with van der Waals surface area (Å²) in [5, 5.41) is 10.8. The molecule has 0 radical (unpaired) electrons. The molecule has 2 heterocycles. The molecule has 130 valence electrons. The Morgan fingerprint density at radius 3 is 2.62 bits per heavy atom. The van der Waals surface area contributed by atoms with Gasteiger partial charge < -0.3 is 19.3 Å². The Kier molecular flexibility index (Phi) is 3.50. The van der Waals surface area contributed by atoms with Crippen molar-refractivity contribution in [1.82, 2.24) is 4.98 Å². The van der Waals surface area contributed by atoms with Gasteiger partial charge in [0.2, 0.25) is 0 Å². The number of aromatic hydroxyl groups is 1. The van der Waals surface area contributed by atoms with Gasteiger partial charge in [-0.25, -0.2) is 9.59 Å². The van der Waals surface area contributed by atoms with Crippen molar-refractivity contribution in [2.24, 2.45) is 0 Å². The van der Waals surface area contributed by atoms with Crippen molar-refractivity contribution >= 4 is 22.8 Å². The number of benzene rings is 2. The number of methoxy groups -OCH3 is 1. The number of aromatic nitrogens is 1. The molecule has 1 aliphatic heterocycles. The van der Waals surface area contributed by atoms with Gasteiger partial charge in [-0.05, 0) is 25.1 Å². The highest BCUT2D eigenvalue weighted by Crippen LogP contribution is 2.48. The molecule has 0 saturated heterocycles. The van der Waals surface area contributed by atoms with Gasteiger partial charge in [-0.15, -0.1) is 0 Å². The Hall–Kier alpha value is -3.61. The second-order valence-corrected chi connectivity index (χ2v) is 5.74. The van der Waals surface area contributed by atoms with Crippen LogP contribution in [0.25, 0.3) is 22.0 Å².